The lowest BCUT2D eigenvalue weighted by Crippen LogP contribution is -2.03. The number of hydrogen-bond acceptors (Lipinski definition) is 2. The average molecular weight is 316 g/mol. The highest BCUT2D eigenvalue weighted by Crippen LogP contribution is 2.20. The molecule has 0 fully saturated rings. The van der Waals surface area contributed by atoms with E-state index in [1.807, 2.05) is 31.2 Å². The first-order valence-electron chi connectivity index (χ1n) is 7.01. The van der Waals surface area contributed by atoms with Gasteiger partial charge in [0.05, 0.1) is 0 Å². The summed E-state index contributed by atoms with van der Waals surface area (Å²) in [7, 11) is 2.73. The Hall–Kier alpha value is -0.560. The minimum Gasteiger partial charge on any atom is -0.385 e. The summed E-state index contributed by atoms with van der Waals surface area (Å²) in [5, 5.41) is 4.09. The molecule has 1 N–H and O–H groups in total. The van der Waals surface area contributed by atoms with Crippen LogP contribution in [-0.2, 0) is 4.74 Å². The van der Waals surface area contributed by atoms with Gasteiger partial charge in [-0.2, -0.15) is 0 Å². The molecule has 0 spiro atoms. The minimum atomic E-state index is 0.810. The van der Waals surface area contributed by atoms with E-state index in [1.54, 1.807) is 7.11 Å². The largest absolute Gasteiger partial charge is 0.385 e. The minimum absolute atomic E-state index is 0.810. The van der Waals surface area contributed by atoms with Gasteiger partial charge in [-0.3, -0.25) is 0 Å². The average Bonchev–Trinajstić information content (AvgIpc) is 2.94. The summed E-state index contributed by atoms with van der Waals surface area (Å²) in [5.41, 5.74) is 2.64. The van der Waals surface area contributed by atoms with Gasteiger partial charge >= 0.3 is 0 Å². The fourth-order valence-electron chi connectivity index (χ4n) is 1.43. The van der Waals surface area contributed by atoms with E-state index in [9.17, 15) is 0 Å². The van der Waals surface area contributed by atoms with E-state index in [4.69, 9.17) is 16.3 Å². The van der Waals surface area contributed by atoms with Crippen LogP contribution in [0.2, 0.25) is 5.02 Å². The summed E-state index contributed by atoms with van der Waals surface area (Å²) < 4.78 is 4.69. The van der Waals surface area contributed by atoms with Crippen LogP contribution in [0.1, 0.15) is 32.3 Å². The Labute approximate surface area is 130 Å². The van der Waals surface area contributed by atoms with Crippen LogP contribution >= 0.6 is 20.2 Å². The predicted octanol–water partition coefficient (Wildman–Crippen LogP) is 5.17. The van der Waals surface area contributed by atoms with Crippen molar-refractivity contribution in [2.45, 2.75) is 33.6 Å². The van der Waals surface area contributed by atoms with Crippen molar-refractivity contribution in [2.75, 3.05) is 20.0 Å². The van der Waals surface area contributed by atoms with Gasteiger partial charge in [0.1, 0.15) is 0 Å². The third-order valence-corrected chi connectivity index (χ3v) is 3.63. The molecule has 1 unspecified atom stereocenters. The monoisotopic (exact) mass is 315 g/mol. The van der Waals surface area contributed by atoms with Crippen molar-refractivity contribution in [1.82, 2.24) is 5.32 Å². The van der Waals surface area contributed by atoms with E-state index in [0.29, 0.717) is 0 Å². The molecule has 1 aliphatic rings. The van der Waals surface area contributed by atoms with E-state index in [-0.39, 0.29) is 0 Å². The Morgan fingerprint density at radius 2 is 2.10 bits per heavy atom. The zero-order valence-electron chi connectivity index (χ0n) is 13.0. The summed E-state index contributed by atoms with van der Waals surface area (Å²) in [4.78, 5) is 0. The Kier molecular flexibility index (Phi) is 13.0. The lowest BCUT2D eigenvalue weighted by atomic mass is 10.2. The summed E-state index contributed by atoms with van der Waals surface area (Å²) in [5.74, 6) is 2.29. The van der Waals surface area contributed by atoms with Crippen molar-refractivity contribution in [3.05, 3.63) is 46.4 Å². The van der Waals surface area contributed by atoms with Gasteiger partial charge in [-0.1, -0.05) is 46.2 Å². The number of rotatable bonds is 3. The highest BCUT2D eigenvalue weighted by molar-refractivity contribution is 7.42. The molecule has 2 rings (SSSR count). The number of nitrogens with one attached hydrogen (secondary N) is 1. The van der Waals surface area contributed by atoms with Crippen LogP contribution in [0.15, 0.2) is 35.8 Å². The summed E-state index contributed by atoms with van der Waals surface area (Å²) in [6.45, 7) is 7.17. The molecule has 1 aromatic rings. The maximum Gasteiger partial charge on any atom is 0.0459 e. The SMILES string of the molecule is CCC1=CPCN1.CCCOC.Cc1cccc(Cl)c1. The molecule has 1 atom stereocenters. The van der Waals surface area contributed by atoms with Crippen LogP contribution in [0.4, 0.5) is 0 Å². The van der Waals surface area contributed by atoms with E-state index < -0.39 is 0 Å². The molecular formula is C16H27ClNOP. The Balaban J connectivity index is 0.000000280. The molecule has 2 nitrogen and oxygen atoms in total. The van der Waals surface area contributed by atoms with Crippen molar-refractivity contribution in [1.29, 1.82) is 0 Å². The van der Waals surface area contributed by atoms with Gasteiger partial charge in [0, 0.05) is 30.7 Å². The van der Waals surface area contributed by atoms with Crippen LogP contribution in [0.3, 0.4) is 0 Å². The second-order valence-corrected chi connectivity index (χ2v) is 5.86. The quantitative estimate of drug-likeness (QED) is 0.777. The molecule has 0 aromatic heterocycles. The molecular weight excluding hydrogens is 289 g/mol. The van der Waals surface area contributed by atoms with Gasteiger partial charge in [0.25, 0.3) is 0 Å². The van der Waals surface area contributed by atoms with Gasteiger partial charge in [-0.15, -0.1) is 0 Å². The number of methoxy groups -OCH3 is 1. The molecule has 20 heavy (non-hydrogen) atoms. The van der Waals surface area contributed by atoms with Gasteiger partial charge in [0.2, 0.25) is 0 Å². The van der Waals surface area contributed by atoms with Crippen molar-refractivity contribution < 1.29 is 4.74 Å². The van der Waals surface area contributed by atoms with Crippen LogP contribution in [-0.4, -0.2) is 20.0 Å². The fourth-order valence-corrected chi connectivity index (χ4v) is 2.66. The van der Waals surface area contributed by atoms with Crippen molar-refractivity contribution in [3.8, 4) is 0 Å². The molecule has 4 heteroatoms. The van der Waals surface area contributed by atoms with Gasteiger partial charge in [0.15, 0.2) is 0 Å². The van der Waals surface area contributed by atoms with Crippen molar-refractivity contribution in [2.24, 2.45) is 0 Å². The normalized spacial score (nSPS) is 13.6. The first kappa shape index (κ1) is 19.4. The second kappa shape index (κ2) is 13.4. The molecule has 0 saturated carbocycles. The molecule has 1 aromatic carbocycles. The lowest BCUT2D eigenvalue weighted by Gasteiger charge is -1.94. The molecule has 1 heterocycles. The highest BCUT2D eigenvalue weighted by Gasteiger charge is 1.96. The van der Waals surface area contributed by atoms with Gasteiger partial charge in [-0.05, 0) is 43.3 Å². The number of benzene rings is 1. The number of hydrogen-bond donors (Lipinski definition) is 1. The Bertz CT molecular complexity index is 363. The number of ether oxygens (including phenoxy) is 1. The molecule has 1 aliphatic heterocycles. The van der Waals surface area contributed by atoms with E-state index in [0.717, 1.165) is 26.6 Å². The van der Waals surface area contributed by atoms with Crippen molar-refractivity contribution in [3.63, 3.8) is 0 Å². The predicted molar refractivity (Wildman–Crippen MR) is 93.0 cm³/mol. The molecule has 0 amide bonds. The summed E-state index contributed by atoms with van der Waals surface area (Å²) >= 11 is 5.64. The summed E-state index contributed by atoms with van der Waals surface area (Å²) in [6, 6.07) is 7.76. The zero-order valence-corrected chi connectivity index (χ0v) is 14.8. The molecule has 0 aliphatic carbocycles. The van der Waals surface area contributed by atoms with Crippen LogP contribution < -0.4 is 5.32 Å². The fraction of sp³-hybridized carbons (Fsp3) is 0.500. The molecule has 114 valence electrons. The van der Waals surface area contributed by atoms with Gasteiger partial charge in [-0.25, -0.2) is 0 Å². The maximum atomic E-state index is 5.64. The van der Waals surface area contributed by atoms with Crippen LogP contribution in [0.25, 0.3) is 0 Å². The third kappa shape index (κ3) is 11.3. The molecule has 0 saturated heterocycles. The molecule has 0 radical (unpaired) electrons. The van der Waals surface area contributed by atoms with Gasteiger partial charge < -0.3 is 10.1 Å². The first-order chi connectivity index (χ1) is 9.63. The molecule has 0 bridgehead atoms. The topological polar surface area (TPSA) is 21.3 Å². The number of halogens is 1. The Morgan fingerprint density at radius 3 is 2.35 bits per heavy atom. The smallest absolute Gasteiger partial charge is 0.0459 e. The summed E-state index contributed by atoms with van der Waals surface area (Å²) in [6.07, 6.45) is 3.48. The van der Waals surface area contributed by atoms with Crippen LogP contribution in [0, 0.1) is 6.92 Å². The second-order valence-electron chi connectivity index (χ2n) is 4.37. The number of aryl methyl sites for hydroxylation is 1. The lowest BCUT2D eigenvalue weighted by molar-refractivity contribution is 0.199. The number of allylic oxidation sites excluding steroid dienone is 1. The van der Waals surface area contributed by atoms with E-state index >= 15 is 0 Å². The maximum absolute atomic E-state index is 5.64. The highest BCUT2D eigenvalue weighted by atomic mass is 35.5. The van der Waals surface area contributed by atoms with E-state index in [1.165, 1.54) is 24.0 Å². The first-order valence-corrected chi connectivity index (χ1v) is 8.67. The third-order valence-electron chi connectivity index (χ3n) is 2.46. The standard InChI is InChI=1S/C7H7Cl.C5H10NP.C4H10O/c1-6-3-2-4-7(8)5-6;1-2-5-3-7-4-6-5;1-3-4-5-2/h2-5H,1H3;3,6-7H,2,4H2,1H3;3-4H2,1-2H3. The zero-order chi connectivity index (χ0) is 15.2. The Morgan fingerprint density at radius 1 is 1.35 bits per heavy atom. The van der Waals surface area contributed by atoms with Crippen LogP contribution in [0.5, 0.6) is 0 Å². The van der Waals surface area contributed by atoms with E-state index in [2.05, 4.69) is 25.0 Å². The van der Waals surface area contributed by atoms with Crippen molar-refractivity contribution >= 4 is 20.2 Å².